The second-order valence-electron chi connectivity index (χ2n) is 6.51. The van der Waals surface area contributed by atoms with Crippen molar-refractivity contribution in [2.75, 3.05) is 20.8 Å². The second kappa shape index (κ2) is 11.5. The van der Waals surface area contributed by atoms with Crippen LogP contribution >= 0.6 is 0 Å². The van der Waals surface area contributed by atoms with Crippen LogP contribution in [0.25, 0.3) is 0 Å². The number of carbonyl (C=O) groups excluding carboxylic acids is 5. The monoisotopic (exact) mass is 433 g/mol. The van der Waals surface area contributed by atoms with Gasteiger partial charge in [0.25, 0.3) is 0 Å². The Bertz CT molecular complexity index is 665. The van der Waals surface area contributed by atoms with Crippen LogP contribution < -0.4 is 5.32 Å². The van der Waals surface area contributed by atoms with E-state index in [0.29, 0.717) is 0 Å². The van der Waals surface area contributed by atoms with Crippen molar-refractivity contribution in [3.05, 3.63) is 0 Å². The smallest absolute Gasteiger partial charge is 0.329 e. The molecule has 0 bridgehead atoms. The molecule has 1 amide bonds. The van der Waals surface area contributed by atoms with Gasteiger partial charge < -0.3 is 33.7 Å². The van der Waals surface area contributed by atoms with Crippen LogP contribution in [0.3, 0.4) is 0 Å². The summed E-state index contributed by atoms with van der Waals surface area (Å²) in [6.45, 7) is 4.24. The molecule has 0 aromatic heterocycles. The average molecular weight is 433 g/mol. The van der Waals surface area contributed by atoms with E-state index in [4.69, 9.17) is 28.4 Å². The minimum atomic E-state index is -1.37. The Hall–Kier alpha value is -2.73. The molecule has 0 radical (unpaired) electrons. The Morgan fingerprint density at radius 2 is 1.47 bits per heavy atom. The molecule has 0 aromatic rings. The van der Waals surface area contributed by atoms with E-state index in [0.717, 1.165) is 21.0 Å². The zero-order valence-electron chi connectivity index (χ0n) is 17.7. The summed E-state index contributed by atoms with van der Waals surface area (Å²) >= 11 is 0. The molecule has 1 N–H and O–H groups in total. The lowest BCUT2D eigenvalue weighted by Gasteiger charge is -2.46. The van der Waals surface area contributed by atoms with Crippen molar-refractivity contribution in [3.63, 3.8) is 0 Å². The van der Waals surface area contributed by atoms with Crippen molar-refractivity contribution in [2.45, 2.75) is 58.3 Å². The number of nitrogens with one attached hydrogen (secondary N) is 1. The van der Waals surface area contributed by atoms with Gasteiger partial charge in [0.1, 0.15) is 18.8 Å². The van der Waals surface area contributed by atoms with Gasteiger partial charge in [-0.1, -0.05) is 0 Å². The first-order chi connectivity index (χ1) is 14.0. The van der Waals surface area contributed by atoms with E-state index in [9.17, 15) is 24.0 Å². The standard InChI is InChI=1S/C18H27NO11/c1-8(20)19-14(17(24)25-5)13-16(29-11(4)23)15(28-10(3)22)12(7-27-9(2)21)30-18(13)26-6/h12-16,18H,7H2,1-6H3,(H,19,20)/t12-,13-,14-,15-,16-,18-/m1/s1. The van der Waals surface area contributed by atoms with Crippen LogP contribution in [0.4, 0.5) is 0 Å². The highest BCUT2D eigenvalue weighted by Crippen LogP contribution is 2.34. The number of hydrogen-bond acceptors (Lipinski definition) is 11. The maximum atomic E-state index is 12.4. The van der Waals surface area contributed by atoms with Crippen molar-refractivity contribution in [1.82, 2.24) is 5.32 Å². The normalized spacial score (nSPS) is 26.7. The molecule has 12 heteroatoms. The van der Waals surface area contributed by atoms with Gasteiger partial charge in [-0.3, -0.25) is 19.2 Å². The third-order valence-corrected chi connectivity index (χ3v) is 4.18. The second-order valence-corrected chi connectivity index (χ2v) is 6.51. The van der Waals surface area contributed by atoms with E-state index in [1.807, 2.05) is 0 Å². The van der Waals surface area contributed by atoms with Crippen LogP contribution in [0.5, 0.6) is 0 Å². The minimum absolute atomic E-state index is 0.347. The van der Waals surface area contributed by atoms with Gasteiger partial charge in [0.15, 0.2) is 18.5 Å². The summed E-state index contributed by atoms with van der Waals surface area (Å²) in [5.41, 5.74) is 0. The molecule has 170 valence electrons. The summed E-state index contributed by atoms with van der Waals surface area (Å²) in [6.07, 6.45) is -4.89. The number of rotatable bonds is 8. The summed E-state index contributed by atoms with van der Waals surface area (Å²) in [6, 6.07) is -1.37. The van der Waals surface area contributed by atoms with Crippen LogP contribution in [-0.4, -0.2) is 81.3 Å². The third kappa shape index (κ3) is 6.95. The minimum Gasteiger partial charge on any atom is -0.467 e. The lowest BCUT2D eigenvalue weighted by Crippen LogP contribution is -2.65. The summed E-state index contributed by atoms with van der Waals surface area (Å²) in [5.74, 6) is -4.71. The highest BCUT2D eigenvalue weighted by Gasteiger charge is 2.55. The Morgan fingerprint density at radius 1 is 0.900 bits per heavy atom. The highest BCUT2D eigenvalue weighted by molar-refractivity contribution is 5.83. The molecule has 1 saturated heterocycles. The highest BCUT2D eigenvalue weighted by atomic mass is 16.7. The third-order valence-electron chi connectivity index (χ3n) is 4.18. The largest absolute Gasteiger partial charge is 0.467 e. The number of hydrogen-bond donors (Lipinski definition) is 1. The van der Waals surface area contributed by atoms with Gasteiger partial charge >= 0.3 is 23.9 Å². The van der Waals surface area contributed by atoms with E-state index in [2.05, 4.69) is 5.32 Å². The van der Waals surface area contributed by atoms with Gasteiger partial charge in [0.05, 0.1) is 13.0 Å². The zero-order valence-corrected chi connectivity index (χ0v) is 17.7. The fraction of sp³-hybridized carbons (Fsp3) is 0.722. The molecule has 1 aliphatic rings. The first-order valence-corrected chi connectivity index (χ1v) is 9.02. The fourth-order valence-electron chi connectivity index (χ4n) is 3.15. The van der Waals surface area contributed by atoms with E-state index >= 15 is 0 Å². The van der Waals surface area contributed by atoms with Crippen molar-refractivity contribution in [3.8, 4) is 0 Å². The number of methoxy groups -OCH3 is 2. The predicted octanol–water partition coefficient (Wildman–Crippen LogP) is -0.922. The predicted molar refractivity (Wildman–Crippen MR) is 96.5 cm³/mol. The molecule has 0 spiro atoms. The molecule has 1 fully saturated rings. The van der Waals surface area contributed by atoms with Crippen molar-refractivity contribution in [2.24, 2.45) is 5.92 Å². The molecule has 30 heavy (non-hydrogen) atoms. The lowest BCUT2D eigenvalue weighted by molar-refractivity contribution is -0.289. The van der Waals surface area contributed by atoms with Crippen LogP contribution in [0.15, 0.2) is 0 Å². The maximum Gasteiger partial charge on any atom is 0.329 e. The fourth-order valence-corrected chi connectivity index (χ4v) is 3.15. The molecule has 12 nitrogen and oxygen atoms in total. The number of amides is 1. The first-order valence-electron chi connectivity index (χ1n) is 9.02. The molecular formula is C18H27NO11. The molecule has 1 aliphatic heterocycles. The Labute approximate surface area is 173 Å². The zero-order chi connectivity index (χ0) is 23.0. The number of esters is 4. The summed E-state index contributed by atoms with van der Waals surface area (Å²) in [4.78, 5) is 58.8. The van der Waals surface area contributed by atoms with E-state index in [1.165, 1.54) is 21.0 Å². The van der Waals surface area contributed by atoms with Crippen molar-refractivity contribution in [1.29, 1.82) is 0 Å². The topological polar surface area (TPSA) is 153 Å². The van der Waals surface area contributed by atoms with Gasteiger partial charge in [-0.25, -0.2) is 4.79 Å². The molecule has 0 unspecified atom stereocenters. The Morgan fingerprint density at radius 3 is 1.90 bits per heavy atom. The molecule has 0 aliphatic carbocycles. The molecule has 1 heterocycles. The maximum absolute atomic E-state index is 12.4. The number of carbonyl (C=O) groups is 5. The average Bonchev–Trinajstić information content (AvgIpc) is 2.64. The van der Waals surface area contributed by atoms with Crippen LogP contribution in [0.2, 0.25) is 0 Å². The molecule has 1 rings (SSSR count). The molecule has 6 atom stereocenters. The SMILES string of the molecule is COC(=O)[C@H](NC(C)=O)[C@H]1[C@H](OC)O[C@H](COC(C)=O)[C@@H](OC(C)=O)[C@@H]1OC(C)=O. The van der Waals surface area contributed by atoms with Gasteiger partial charge in [-0.05, 0) is 0 Å². The van der Waals surface area contributed by atoms with Gasteiger partial charge in [0.2, 0.25) is 5.91 Å². The number of ether oxygens (including phenoxy) is 6. The summed E-state index contributed by atoms with van der Waals surface area (Å²) in [7, 11) is 2.37. The van der Waals surface area contributed by atoms with Crippen LogP contribution in [0, 0.1) is 5.92 Å². The van der Waals surface area contributed by atoms with Crippen LogP contribution in [-0.2, 0) is 52.4 Å². The van der Waals surface area contributed by atoms with E-state index in [-0.39, 0.29) is 6.61 Å². The Balaban J connectivity index is 3.47. The van der Waals surface area contributed by atoms with Crippen LogP contribution in [0.1, 0.15) is 27.7 Å². The van der Waals surface area contributed by atoms with Gasteiger partial charge in [0, 0.05) is 34.8 Å². The Kier molecular flexibility index (Phi) is 9.66. The van der Waals surface area contributed by atoms with Gasteiger partial charge in [-0.15, -0.1) is 0 Å². The van der Waals surface area contributed by atoms with Crippen molar-refractivity contribution >= 4 is 29.8 Å². The van der Waals surface area contributed by atoms with E-state index in [1.54, 1.807) is 0 Å². The van der Waals surface area contributed by atoms with Gasteiger partial charge in [-0.2, -0.15) is 0 Å². The molecule has 0 aromatic carbocycles. The first kappa shape index (κ1) is 25.3. The summed E-state index contributed by atoms with van der Waals surface area (Å²) < 4.78 is 31.4. The van der Waals surface area contributed by atoms with Crippen molar-refractivity contribution < 1.29 is 52.4 Å². The summed E-state index contributed by atoms with van der Waals surface area (Å²) in [5, 5.41) is 2.42. The van der Waals surface area contributed by atoms with E-state index < -0.39 is 66.3 Å². The lowest BCUT2D eigenvalue weighted by atomic mass is 9.84. The quantitative estimate of drug-likeness (QED) is 0.373. The molecular weight excluding hydrogens is 406 g/mol. The molecule has 0 saturated carbocycles.